The van der Waals surface area contributed by atoms with Crippen molar-refractivity contribution in [1.29, 1.82) is 0 Å². The van der Waals surface area contributed by atoms with Gasteiger partial charge in [-0.1, -0.05) is 13.8 Å². The molecule has 0 aliphatic heterocycles. The highest BCUT2D eigenvalue weighted by molar-refractivity contribution is 5.97. The molecule has 0 fully saturated rings. The van der Waals surface area contributed by atoms with Gasteiger partial charge in [-0.3, -0.25) is 4.79 Å². The molecule has 1 aromatic carbocycles. The Kier molecular flexibility index (Phi) is 5.64. The number of rotatable bonds is 2. The molecule has 4 heteroatoms. The number of hydrogen-bond acceptors (Lipinski definition) is 2. The summed E-state index contributed by atoms with van der Waals surface area (Å²) >= 11 is 0. The molecule has 2 N–H and O–H groups in total. The van der Waals surface area contributed by atoms with Gasteiger partial charge in [-0.25, -0.2) is 8.78 Å². The monoisotopic (exact) mass is 201 g/mol. The zero-order valence-electron chi connectivity index (χ0n) is 8.18. The number of halogens is 2. The van der Waals surface area contributed by atoms with E-state index in [2.05, 4.69) is 0 Å². The molecule has 0 bridgehead atoms. The summed E-state index contributed by atoms with van der Waals surface area (Å²) in [6.45, 7) is 3.68. The third-order valence-corrected chi connectivity index (χ3v) is 1.41. The van der Waals surface area contributed by atoms with E-state index in [0.29, 0.717) is 0 Å². The average molecular weight is 201 g/mol. The Morgan fingerprint density at radius 3 is 2.43 bits per heavy atom. The molecule has 2 nitrogen and oxygen atoms in total. The minimum atomic E-state index is -0.744. The summed E-state index contributed by atoms with van der Waals surface area (Å²) in [5.41, 5.74) is 4.69. The molecular weight excluding hydrogens is 188 g/mol. The van der Waals surface area contributed by atoms with Gasteiger partial charge in [0.15, 0.2) is 5.78 Å². The van der Waals surface area contributed by atoms with E-state index in [1.54, 1.807) is 0 Å². The van der Waals surface area contributed by atoms with Crippen molar-refractivity contribution in [2.45, 2.75) is 13.8 Å². The highest BCUT2D eigenvalue weighted by Gasteiger charge is 2.10. The van der Waals surface area contributed by atoms with E-state index < -0.39 is 17.4 Å². The third-order valence-electron chi connectivity index (χ3n) is 1.41. The van der Waals surface area contributed by atoms with Gasteiger partial charge in [-0.05, 0) is 18.2 Å². The van der Waals surface area contributed by atoms with Crippen LogP contribution in [0.25, 0.3) is 0 Å². The van der Waals surface area contributed by atoms with Crippen molar-refractivity contribution in [3.63, 3.8) is 0 Å². The smallest absolute Gasteiger partial charge is 0.179 e. The summed E-state index contributed by atoms with van der Waals surface area (Å²) in [6.07, 6.45) is 0. The maximum Gasteiger partial charge on any atom is 0.179 e. The van der Waals surface area contributed by atoms with Gasteiger partial charge in [0, 0.05) is 0 Å². The average Bonchev–Trinajstić information content (AvgIpc) is 2.23. The van der Waals surface area contributed by atoms with Crippen LogP contribution in [0.1, 0.15) is 24.2 Å². The summed E-state index contributed by atoms with van der Waals surface area (Å²) in [6, 6.07) is 2.69. The van der Waals surface area contributed by atoms with E-state index in [-0.39, 0.29) is 12.1 Å². The zero-order valence-corrected chi connectivity index (χ0v) is 8.18. The molecule has 0 radical (unpaired) electrons. The van der Waals surface area contributed by atoms with Gasteiger partial charge in [0.1, 0.15) is 11.6 Å². The van der Waals surface area contributed by atoms with Crippen molar-refractivity contribution >= 4 is 5.78 Å². The molecule has 0 unspecified atom stereocenters. The van der Waals surface area contributed by atoms with Crippen molar-refractivity contribution in [3.8, 4) is 0 Å². The standard InChI is InChI=1S/C8H7F2NO.C2H6/c9-5-1-2-7(10)6(3-5)8(12)4-11;1-2/h1-3H,4,11H2;1-2H3. The molecule has 0 aliphatic carbocycles. The highest BCUT2D eigenvalue weighted by Crippen LogP contribution is 2.09. The summed E-state index contributed by atoms with van der Waals surface area (Å²) in [5.74, 6) is -1.99. The lowest BCUT2D eigenvalue weighted by Gasteiger charge is -1.98. The maximum absolute atomic E-state index is 12.8. The van der Waals surface area contributed by atoms with Crippen LogP contribution < -0.4 is 5.73 Å². The summed E-state index contributed by atoms with van der Waals surface area (Å²) in [4.78, 5) is 10.9. The van der Waals surface area contributed by atoms with E-state index in [1.807, 2.05) is 13.8 Å². The van der Waals surface area contributed by atoms with Crippen LogP contribution in [0.4, 0.5) is 8.78 Å². The Morgan fingerprint density at radius 2 is 1.93 bits per heavy atom. The van der Waals surface area contributed by atoms with Crippen LogP contribution in [0.2, 0.25) is 0 Å². The van der Waals surface area contributed by atoms with Crippen molar-refractivity contribution < 1.29 is 13.6 Å². The van der Waals surface area contributed by atoms with Crippen molar-refractivity contribution in [3.05, 3.63) is 35.4 Å². The second kappa shape index (κ2) is 6.21. The number of ketones is 1. The number of carbonyl (C=O) groups excluding carboxylic acids is 1. The minimum absolute atomic E-state index is 0.294. The van der Waals surface area contributed by atoms with Crippen molar-refractivity contribution in [2.24, 2.45) is 5.73 Å². The van der Waals surface area contributed by atoms with E-state index in [9.17, 15) is 13.6 Å². The van der Waals surface area contributed by atoms with Crippen LogP contribution in [0.3, 0.4) is 0 Å². The first-order valence-corrected chi connectivity index (χ1v) is 4.33. The Labute approximate surface area is 81.7 Å². The number of hydrogen-bond donors (Lipinski definition) is 1. The van der Waals surface area contributed by atoms with E-state index in [0.717, 1.165) is 18.2 Å². The Morgan fingerprint density at radius 1 is 1.36 bits per heavy atom. The van der Waals surface area contributed by atoms with Crippen LogP contribution in [-0.2, 0) is 0 Å². The molecule has 0 spiro atoms. The molecule has 1 rings (SSSR count). The first-order valence-electron chi connectivity index (χ1n) is 4.33. The summed E-state index contributed by atoms with van der Waals surface area (Å²) < 4.78 is 25.2. The first-order chi connectivity index (χ1) is 6.65. The molecule has 78 valence electrons. The van der Waals surface area contributed by atoms with Crippen molar-refractivity contribution in [1.82, 2.24) is 0 Å². The molecule has 0 saturated heterocycles. The molecule has 0 atom stereocenters. The molecule has 0 aromatic heterocycles. The quantitative estimate of drug-likeness (QED) is 0.745. The lowest BCUT2D eigenvalue weighted by Crippen LogP contribution is -2.15. The molecular formula is C10H13F2NO. The fraction of sp³-hybridized carbons (Fsp3) is 0.300. The molecule has 14 heavy (non-hydrogen) atoms. The molecule has 0 saturated carbocycles. The Hall–Kier alpha value is -1.29. The third kappa shape index (κ3) is 3.22. The number of benzene rings is 1. The number of nitrogens with two attached hydrogens (primary N) is 1. The van der Waals surface area contributed by atoms with Crippen LogP contribution in [-0.4, -0.2) is 12.3 Å². The van der Waals surface area contributed by atoms with Crippen LogP contribution in [0.15, 0.2) is 18.2 Å². The molecule has 1 aromatic rings. The number of Topliss-reactive ketones (excluding diaryl/α,β-unsaturated/α-hetero) is 1. The van der Waals surface area contributed by atoms with Gasteiger partial charge in [0.05, 0.1) is 12.1 Å². The lowest BCUT2D eigenvalue weighted by atomic mass is 10.1. The second-order valence-corrected chi connectivity index (χ2v) is 2.25. The van der Waals surface area contributed by atoms with Gasteiger partial charge in [-0.15, -0.1) is 0 Å². The predicted molar refractivity (Wildman–Crippen MR) is 51.1 cm³/mol. The minimum Gasteiger partial charge on any atom is -0.324 e. The molecule has 0 aliphatic rings. The summed E-state index contributed by atoms with van der Waals surface area (Å²) in [7, 11) is 0. The fourth-order valence-corrected chi connectivity index (χ4v) is 0.821. The van der Waals surface area contributed by atoms with Gasteiger partial charge in [0.2, 0.25) is 0 Å². The first kappa shape index (κ1) is 12.7. The predicted octanol–water partition coefficient (Wildman–Crippen LogP) is 2.13. The highest BCUT2D eigenvalue weighted by atomic mass is 19.1. The molecule has 0 heterocycles. The Balaban J connectivity index is 0.000000791. The second-order valence-electron chi connectivity index (χ2n) is 2.25. The topological polar surface area (TPSA) is 43.1 Å². The van der Waals surface area contributed by atoms with E-state index in [1.165, 1.54) is 0 Å². The van der Waals surface area contributed by atoms with Crippen LogP contribution in [0.5, 0.6) is 0 Å². The van der Waals surface area contributed by atoms with Gasteiger partial charge in [-0.2, -0.15) is 0 Å². The lowest BCUT2D eigenvalue weighted by molar-refractivity contribution is 0.0997. The molecule has 0 amide bonds. The van der Waals surface area contributed by atoms with Gasteiger partial charge >= 0.3 is 0 Å². The Bertz CT molecular complexity index is 313. The largest absolute Gasteiger partial charge is 0.324 e. The summed E-state index contributed by atoms with van der Waals surface area (Å²) in [5, 5.41) is 0. The SMILES string of the molecule is CC.NCC(=O)c1cc(F)ccc1F. The van der Waals surface area contributed by atoms with Crippen LogP contribution in [0, 0.1) is 11.6 Å². The van der Waals surface area contributed by atoms with Crippen molar-refractivity contribution in [2.75, 3.05) is 6.54 Å². The maximum atomic E-state index is 12.8. The van der Waals surface area contributed by atoms with E-state index >= 15 is 0 Å². The normalized spacial score (nSPS) is 8.93. The van der Waals surface area contributed by atoms with Gasteiger partial charge < -0.3 is 5.73 Å². The number of carbonyl (C=O) groups is 1. The van der Waals surface area contributed by atoms with Gasteiger partial charge in [0.25, 0.3) is 0 Å². The fourth-order valence-electron chi connectivity index (χ4n) is 0.821. The van der Waals surface area contributed by atoms with Crippen LogP contribution >= 0.6 is 0 Å². The zero-order chi connectivity index (χ0) is 11.1. The van der Waals surface area contributed by atoms with E-state index in [4.69, 9.17) is 5.73 Å².